The summed E-state index contributed by atoms with van der Waals surface area (Å²) < 4.78 is 0. The molecule has 0 saturated carbocycles. The number of nitrogen functional groups attached to an aromatic ring is 1. The van der Waals surface area contributed by atoms with Crippen LogP contribution in [0.3, 0.4) is 0 Å². The maximum Gasteiger partial charge on any atom is 0.153 e. The zero-order valence-corrected chi connectivity index (χ0v) is 12.7. The highest BCUT2D eigenvalue weighted by molar-refractivity contribution is 5.85. The van der Waals surface area contributed by atoms with Gasteiger partial charge in [0.25, 0.3) is 0 Å². The van der Waals surface area contributed by atoms with Gasteiger partial charge in [-0.15, -0.1) is 0 Å². The van der Waals surface area contributed by atoms with E-state index < -0.39 is 0 Å². The zero-order chi connectivity index (χ0) is 15.5. The predicted molar refractivity (Wildman–Crippen MR) is 89.2 cm³/mol. The third-order valence-corrected chi connectivity index (χ3v) is 3.45. The molecule has 3 rings (SSSR count). The third kappa shape index (κ3) is 3.04. The number of rotatable bonds is 4. The van der Waals surface area contributed by atoms with E-state index >= 15 is 0 Å². The van der Waals surface area contributed by atoms with Crippen LogP contribution in [0.4, 0.5) is 5.82 Å². The van der Waals surface area contributed by atoms with Crippen molar-refractivity contribution in [3.63, 3.8) is 0 Å². The van der Waals surface area contributed by atoms with Gasteiger partial charge in [-0.3, -0.25) is 0 Å². The number of nitrogens with zero attached hydrogens (tertiary/aromatic N) is 3. The van der Waals surface area contributed by atoms with E-state index in [9.17, 15) is 0 Å². The number of fused-ring (bicyclic) bond motifs is 1. The molecule has 0 saturated heterocycles. The van der Waals surface area contributed by atoms with Crippen molar-refractivity contribution in [1.82, 2.24) is 20.3 Å². The predicted octanol–water partition coefficient (Wildman–Crippen LogP) is 2.77. The van der Waals surface area contributed by atoms with Gasteiger partial charge in [0, 0.05) is 18.2 Å². The Morgan fingerprint density at radius 2 is 2.00 bits per heavy atom. The Morgan fingerprint density at radius 1 is 1.14 bits per heavy atom. The number of nitrogens with two attached hydrogens (primary N) is 1. The molecular weight excluding hydrogens is 274 g/mol. The molecule has 0 fully saturated rings. The zero-order valence-electron chi connectivity index (χ0n) is 12.7. The number of aromatic nitrogens is 3. The van der Waals surface area contributed by atoms with Crippen LogP contribution in [0.5, 0.6) is 0 Å². The molecule has 0 aliphatic rings. The molecule has 0 aliphatic heterocycles. The SMILES string of the molecule is CC(C)NCc1cccc(-c2ccc3ncnc(N)c3n2)c1. The van der Waals surface area contributed by atoms with E-state index in [1.54, 1.807) is 0 Å². The second kappa shape index (κ2) is 6.07. The summed E-state index contributed by atoms with van der Waals surface area (Å²) in [5.41, 5.74) is 10.5. The molecule has 0 aliphatic carbocycles. The van der Waals surface area contributed by atoms with Crippen molar-refractivity contribution < 1.29 is 0 Å². The van der Waals surface area contributed by atoms with Crippen LogP contribution in [0.1, 0.15) is 19.4 Å². The molecule has 0 amide bonds. The monoisotopic (exact) mass is 293 g/mol. The van der Waals surface area contributed by atoms with Crippen LogP contribution in [0.15, 0.2) is 42.7 Å². The minimum absolute atomic E-state index is 0.407. The molecule has 22 heavy (non-hydrogen) atoms. The van der Waals surface area contributed by atoms with Crippen LogP contribution in [0, 0.1) is 0 Å². The summed E-state index contributed by atoms with van der Waals surface area (Å²) in [6, 6.07) is 12.7. The summed E-state index contributed by atoms with van der Waals surface area (Å²) in [6.45, 7) is 5.11. The smallest absolute Gasteiger partial charge is 0.153 e. The highest BCUT2D eigenvalue weighted by Gasteiger charge is 2.06. The maximum atomic E-state index is 5.89. The van der Waals surface area contributed by atoms with E-state index in [1.807, 2.05) is 24.3 Å². The second-order valence-corrected chi connectivity index (χ2v) is 5.56. The molecule has 2 aromatic heterocycles. The number of pyridine rings is 1. The Kier molecular flexibility index (Phi) is 3.98. The summed E-state index contributed by atoms with van der Waals surface area (Å²) >= 11 is 0. The molecule has 3 aromatic rings. The van der Waals surface area contributed by atoms with Crippen molar-refractivity contribution in [2.45, 2.75) is 26.4 Å². The Bertz CT molecular complexity index is 798. The quantitative estimate of drug-likeness (QED) is 0.773. The van der Waals surface area contributed by atoms with Crippen molar-refractivity contribution >= 4 is 16.9 Å². The van der Waals surface area contributed by atoms with Crippen molar-refractivity contribution in [2.75, 3.05) is 5.73 Å². The summed E-state index contributed by atoms with van der Waals surface area (Å²) in [7, 11) is 0. The van der Waals surface area contributed by atoms with Crippen LogP contribution >= 0.6 is 0 Å². The van der Waals surface area contributed by atoms with E-state index in [4.69, 9.17) is 5.73 Å². The van der Waals surface area contributed by atoms with Gasteiger partial charge < -0.3 is 11.1 Å². The van der Waals surface area contributed by atoms with Gasteiger partial charge in [0.05, 0.1) is 11.2 Å². The minimum Gasteiger partial charge on any atom is -0.382 e. The van der Waals surface area contributed by atoms with E-state index in [-0.39, 0.29) is 0 Å². The largest absolute Gasteiger partial charge is 0.382 e. The van der Waals surface area contributed by atoms with Gasteiger partial charge in [-0.25, -0.2) is 15.0 Å². The Labute approximate surface area is 129 Å². The Balaban J connectivity index is 1.97. The number of hydrogen-bond acceptors (Lipinski definition) is 5. The molecule has 0 unspecified atom stereocenters. The average Bonchev–Trinajstić information content (AvgIpc) is 2.53. The fourth-order valence-electron chi connectivity index (χ4n) is 2.28. The van der Waals surface area contributed by atoms with E-state index in [0.717, 1.165) is 23.3 Å². The molecule has 0 bridgehead atoms. The lowest BCUT2D eigenvalue weighted by molar-refractivity contribution is 0.589. The van der Waals surface area contributed by atoms with Crippen LogP contribution in [-0.2, 0) is 6.54 Å². The molecule has 1 aromatic carbocycles. The molecule has 5 heteroatoms. The van der Waals surface area contributed by atoms with Crippen molar-refractivity contribution in [3.05, 3.63) is 48.3 Å². The van der Waals surface area contributed by atoms with Gasteiger partial charge in [-0.05, 0) is 23.8 Å². The molecule has 2 heterocycles. The summed E-state index contributed by atoms with van der Waals surface area (Å²) in [4.78, 5) is 12.8. The first-order chi connectivity index (χ1) is 10.6. The highest BCUT2D eigenvalue weighted by Crippen LogP contribution is 2.22. The van der Waals surface area contributed by atoms with Gasteiger partial charge in [0.15, 0.2) is 5.82 Å². The van der Waals surface area contributed by atoms with Crippen LogP contribution in [0.2, 0.25) is 0 Å². The molecule has 112 valence electrons. The van der Waals surface area contributed by atoms with Gasteiger partial charge in [-0.1, -0.05) is 32.0 Å². The van der Waals surface area contributed by atoms with E-state index in [1.165, 1.54) is 11.9 Å². The van der Waals surface area contributed by atoms with Crippen molar-refractivity contribution in [3.8, 4) is 11.3 Å². The Morgan fingerprint density at radius 3 is 2.82 bits per heavy atom. The van der Waals surface area contributed by atoms with E-state index in [2.05, 4.69) is 46.2 Å². The van der Waals surface area contributed by atoms with Gasteiger partial charge in [0.2, 0.25) is 0 Å². The highest BCUT2D eigenvalue weighted by atomic mass is 14.9. The summed E-state index contributed by atoms with van der Waals surface area (Å²) in [6.07, 6.45) is 1.46. The van der Waals surface area contributed by atoms with Crippen LogP contribution in [-0.4, -0.2) is 21.0 Å². The molecule has 0 spiro atoms. The molecule has 5 nitrogen and oxygen atoms in total. The minimum atomic E-state index is 0.407. The maximum absolute atomic E-state index is 5.89. The fraction of sp³-hybridized carbons (Fsp3) is 0.235. The molecule has 0 radical (unpaired) electrons. The number of anilines is 1. The third-order valence-electron chi connectivity index (χ3n) is 3.45. The summed E-state index contributed by atoms with van der Waals surface area (Å²) in [5, 5.41) is 3.42. The lowest BCUT2D eigenvalue weighted by Crippen LogP contribution is -2.21. The molecule has 3 N–H and O–H groups in total. The van der Waals surface area contributed by atoms with Gasteiger partial charge in [-0.2, -0.15) is 0 Å². The van der Waals surface area contributed by atoms with Crippen LogP contribution in [0.25, 0.3) is 22.3 Å². The van der Waals surface area contributed by atoms with Crippen molar-refractivity contribution in [2.24, 2.45) is 0 Å². The standard InChI is InChI=1S/C17H19N5/c1-11(2)19-9-12-4-3-5-13(8-12)14-6-7-15-16(22-14)17(18)21-10-20-15/h3-8,10-11,19H,9H2,1-2H3,(H2,18,20,21). The number of hydrogen-bond donors (Lipinski definition) is 2. The topological polar surface area (TPSA) is 76.7 Å². The lowest BCUT2D eigenvalue weighted by Gasteiger charge is -2.10. The Hall–Kier alpha value is -2.53. The number of benzene rings is 1. The van der Waals surface area contributed by atoms with Gasteiger partial charge >= 0.3 is 0 Å². The lowest BCUT2D eigenvalue weighted by atomic mass is 10.1. The first kappa shape index (κ1) is 14.4. The van der Waals surface area contributed by atoms with Crippen LogP contribution < -0.4 is 11.1 Å². The molecular formula is C17H19N5. The second-order valence-electron chi connectivity index (χ2n) is 5.56. The van der Waals surface area contributed by atoms with Gasteiger partial charge in [0.1, 0.15) is 11.8 Å². The summed E-state index contributed by atoms with van der Waals surface area (Å²) in [5.74, 6) is 0.407. The first-order valence-corrected chi connectivity index (χ1v) is 7.33. The first-order valence-electron chi connectivity index (χ1n) is 7.33. The number of nitrogens with one attached hydrogen (secondary N) is 1. The fourth-order valence-corrected chi connectivity index (χ4v) is 2.28. The van der Waals surface area contributed by atoms with Crippen molar-refractivity contribution in [1.29, 1.82) is 0 Å². The van der Waals surface area contributed by atoms with E-state index in [0.29, 0.717) is 17.4 Å². The average molecular weight is 293 g/mol. The molecule has 0 atom stereocenters. The normalized spacial score (nSPS) is 11.2.